The molecule has 4 aromatic rings. The van der Waals surface area contributed by atoms with Crippen molar-refractivity contribution in [3.8, 4) is 0 Å². The minimum atomic E-state index is -3.38. The van der Waals surface area contributed by atoms with Crippen LogP contribution in [-0.2, 0) is 16.4 Å². The maximum atomic E-state index is 13.8. The normalized spacial score (nSPS) is 11.4. The maximum Gasteiger partial charge on any atom is 0.295 e. The maximum absolute atomic E-state index is 13.8. The molecule has 0 atom stereocenters. The summed E-state index contributed by atoms with van der Waals surface area (Å²) >= 11 is 1.08. The summed E-state index contributed by atoms with van der Waals surface area (Å²) in [6.07, 6.45) is 2.43. The van der Waals surface area contributed by atoms with E-state index in [0.29, 0.717) is 10.2 Å². The highest BCUT2D eigenvalue weighted by atomic mass is 32.2. The molecule has 0 saturated carbocycles. The molecule has 0 spiro atoms. The number of pyridine rings is 1. The molecule has 1 amide bonds. The number of halogens is 1. The Balaban J connectivity index is 1.54. The zero-order valence-electron chi connectivity index (χ0n) is 16.6. The van der Waals surface area contributed by atoms with Crippen LogP contribution in [0.4, 0.5) is 9.52 Å². The number of carbonyl (C=O) groups excluding carboxylic acids is 1. The summed E-state index contributed by atoms with van der Waals surface area (Å²) in [4.78, 5) is 35.0. The summed E-state index contributed by atoms with van der Waals surface area (Å²) in [6, 6.07) is 13.2. The smallest absolute Gasteiger partial charge is 0.295 e. The third kappa shape index (κ3) is 4.53. The lowest BCUT2D eigenvalue weighted by atomic mass is 10.2. The summed E-state index contributed by atoms with van der Waals surface area (Å²) in [6.45, 7) is -0.196. The second-order valence-electron chi connectivity index (χ2n) is 6.79. The van der Waals surface area contributed by atoms with Crippen LogP contribution in [0.3, 0.4) is 0 Å². The fourth-order valence-corrected chi connectivity index (χ4v) is 4.48. The van der Waals surface area contributed by atoms with Gasteiger partial charge in [-0.2, -0.15) is 4.73 Å². The number of fused-ring (bicyclic) bond motifs is 1. The molecular formula is C21H16FN3O5S2. The van der Waals surface area contributed by atoms with E-state index in [2.05, 4.69) is 10.3 Å². The van der Waals surface area contributed by atoms with E-state index in [0.717, 1.165) is 22.3 Å². The lowest BCUT2D eigenvalue weighted by molar-refractivity contribution is 0.0847. The molecule has 4 rings (SSSR count). The molecule has 2 heterocycles. The fourth-order valence-electron chi connectivity index (χ4n) is 2.86. The van der Waals surface area contributed by atoms with Crippen molar-refractivity contribution in [2.75, 3.05) is 11.6 Å². The molecular weight excluding hydrogens is 457 g/mol. The van der Waals surface area contributed by atoms with Crippen LogP contribution in [0.5, 0.6) is 0 Å². The molecule has 2 aromatic carbocycles. The third-order valence-corrected chi connectivity index (χ3v) is 6.53. The van der Waals surface area contributed by atoms with Gasteiger partial charge in [0.15, 0.2) is 15.0 Å². The van der Waals surface area contributed by atoms with Gasteiger partial charge in [0.25, 0.3) is 11.5 Å². The first-order valence-corrected chi connectivity index (χ1v) is 11.9. The summed E-state index contributed by atoms with van der Waals surface area (Å²) in [5, 5.41) is 2.75. The van der Waals surface area contributed by atoms with Gasteiger partial charge in [-0.25, -0.2) is 17.8 Å². The second-order valence-corrected chi connectivity index (χ2v) is 9.84. The summed E-state index contributed by atoms with van der Waals surface area (Å²) in [7, 11) is -3.38. The fraction of sp³-hybridized carbons (Fsp3) is 0.0952. The minimum absolute atomic E-state index is 0.143. The van der Waals surface area contributed by atoms with E-state index in [-0.39, 0.29) is 27.8 Å². The number of nitrogens with one attached hydrogen (secondary N) is 1. The van der Waals surface area contributed by atoms with Crippen molar-refractivity contribution in [1.29, 1.82) is 0 Å². The molecule has 11 heteroatoms. The van der Waals surface area contributed by atoms with Crippen molar-refractivity contribution < 1.29 is 22.4 Å². The summed E-state index contributed by atoms with van der Waals surface area (Å²) in [5.74, 6) is -1.18. The predicted molar refractivity (Wildman–Crippen MR) is 118 cm³/mol. The highest BCUT2D eigenvalue weighted by Crippen LogP contribution is 2.28. The molecule has 0 saturated heterocycles. The Bertz CT molecular complexity index is 1490. The van der Waals surface area contributed by atoms with Gasteiger partial charge in [0, 0.05) is 18.0 Å². The standard InChI is InChI=1S/C21H16FN3O5S2/c1-32(28,29)14-8-9-17-18(11-14)31-21(23-17)24-19(26)15-6-4-10-25(20(15)27)30-12-13-5-2-3-7-16(13)22/h2-11H,12H2,1H3,(H,23,24,26). The Morgan fingerprint density at radius 1 is 1.19 bits per heavy atom. The molecule has 0 aliphatic heterocycles. The Morgan fingerprint density at radius 3 is 2.72 bits per heavy atom. The Labute approximate surface area is 185 Å². The number of thiazole rings is 1. The van der Waals surface area contributed by atoms with Crippen molar-refractivity contribution in [2.24, 2.45) is 0 Å². The van der Waals surface area contributed by atoms with Crippen LogP contribution >= 0.6 is 11.3 Å². The second kappa shape index (κ2) is 8.52. The van der Waals surface area contributed by atoms with Crippen LogP contribution in [0, 0.1) is 5.82 Å². The zero-order valence-corrected chi connectivity index (χ0v) is 18.2. The van der Waals surface area contributed by atoms with E-state index in [9.17, 15) is 22.4 Å². The number of amides is 1. The van der Waals surface area contributed by atoms with Crippen LogP contribution in [0.2, 0.25) is 0 Å². The SMILES string of the molecule is CS(=O)(=O)c1ccc2nc(NC(=O)c3cccn(OCc4ccccc4F)c3=O)sc2c1. The van der Waals surface area contributed by atoms with Gasteiger partial charge >= 0.3 is 0 Å². The van der Waals surface area contributed by atoms with Crippen molar-refractivity contribution in [1.82, 2.24) is 9.71 Å². The molecule has 0 aliphatic rings. The molecule has 0 aliphatic carbocycles. The van der Waals surface area contributed by atoms with Crippen LogP contribution in [0.25, 0.3) is 10.2 Å². The largest absolute Gasteiger partial charge is 0.406 e. The molecule has 164 valence electrons. The molecule has 1 N–H and O–H groups in total. The summed E-state index contributed by atoms with van der Waals surface area (Å²) in [5.41, 5.74) is -0.146. The van der Waals surface area contributed by atoms with E-state index < -0.39 is 27.1 Å². The summed E-state index contributed by atoms with van der Waals surface area (Å²) < 4.78 is 38.6. The number of hydrogen-bond acceptors (Lipinski definition) is 7. The van der Waals surface area contributed by atoms with Gasteiger partial charge in [-0.05, 0) is 36.4 Å². The quantitative estimate of drug-likeness (QED) is 0.462. The zero-order chi connectivity index (χ0) is 22.9. The molecule has 0 unspecified atom stereocenters. The number of sulfone groups is 1. The number of nitrogens with zero attached hydrogens (tertiary/aromatic N) is 2. The number of hydrogen-bond donors (Lipinski definition) is 1. The highest BCUT2D eigenvalue weighted by Gasteiger charge is 2.16. The van der Waals surface area contributed by atoms with E-state index in [4.69, 9.17) is 4.84 Å². The highest BCUT2D eigenvalue weighted by molar-refractivity contribution is 7.90. The molecule has 0 radical (unpaired) electrons. The predicted octanol–water partition coefficient (Wildman–Crippen LogP) is 2.88. The van der Waals surface area contributed by atoms with Crippen molar-refractivity contribution in [2.45, 2.75) is 11.5 Å². The van der Waals surface area contributed by atoms with Gasteiger partial charge < -0.3 is 4.84 Å². The van der Waals surface area contributed by atoms with Gasteiger partial charge in [0.05, 0.1) is 15.1 Å². The van der Waals surface area contributed by atoms with E-state index in [1.807, 2.05) is 0 Å². The topological polar surface area (TPSA) is 107 Å². The first kappa shape index (κ1) is 21.7. The molecule has 32 heavy (non-hydrogen) atoms. The number of aromatic nitrogens is 2. The van der Waals surface area contributed by atoms with E-state index in [1.165, 1.54) is 42.6 Å². The number of carbonyl (C=O) groups is 1. The lowest BCUT2D eigenvalue weighted by Gasteiger charge is -2.10. The number of benzene rings is 2. The minimum Gasteiger partial charge on any atom is -0.406 e. The van der Waals surface area contributed by atoms with Crippen LogP contribution < -0.4 is 15.7 Å². The molecule has 0 bridgehead atoms. The lowest BCUT2D eigenvalue weighted by Crippen LogP contribution is -2.32. The monoisotopic (exact) mass is 473 g/mol. The van der Waals surface area contributed by atoms with E-state index >= 15 is 0 Å². The Kier molecular flexibility index (Phi) is 5.76. The van der Waals surface area contributed by atoms with Crippen molar-refractivity contribution >= 4 is 42.4 Å². The Morgan fingerprint density at radius 2 is 1.97 bits per heavy atom. The average molecular weight is 474 g/mol. The molecule has 8 nitrogen and oxygen atoms in total. The molecule has 2 aromatic heterocycles. The first-order valence-electron chi connectivity index (χ1n) is 9.23. The van der Waals surface area contributed by atoms with Crippen molar-refractivity contribution in [3.63, 3.8) is 0 Å². The van der Waals surface area contributed by atoms with Crippen LogP contribution in [0.1, 0.15) is 15.9 Å². The first-order chi connectivity index (χ1) is 15.2. The van der Waals surface area contributed by atoms with Gasteiger partial charge in [0.2, 0.25) is 0 Å². The number of rotatable bonds is 6. The van der Waals surface area contributed by atoms with Gasteiger partial charge in [-0.3, -0.25) is 14.9 Å². The average Bonchev–Trinajstić information content (AvgIpc) is 3.14. The van der Waals surface area contributed by atoms with Gasteiger partial charge in [-0.15, -0.1) is 0 Å². The number of anilines is 1. The van der Waals surface area contributed by atoms with Crippen LogP contribution in [-0.4, -0.2) is 30.3 Å². The molecule has 0 fully saturated rings. The third-order valence-electron chi connectivity index (χ3n) is 4.49. The Hall–Kier alpha value is -3.57. The van der Waals surface area contributed by atoms with Gasteiger partial charge in [0.1, 0.15) is 18.0 Å². The van der Waals surface area contributed by atoms with E-state index in [1.54, 1.807) is 18.2 Å². The van der Waals surface area contributed by atoms with Crippen LogP contribution in [0.15, 0.2) is 70.5 Å². The van der Waals surface area contributed by atoms with Gasteiger partial charge in [-0.1, -0.05) is 29.5 Å². The van der Waals surface area contributed by atoms with Crippen molar-refractivity contribution in [3.05, 3.63) is 88.1 Å².